The monoisotopic (exact) mass is 294 g/mol. The number of nitrogens with one attached hydrogen (secondary N) is 1. The average molecular weight is 294 g/mol. The Labute approximate surface area is 122 Å². The molecule has 0 atom stereocenters. The minimum atomic E-state index is -0.867. The Morgan fingerprint density at radius 3 is 2.52 bits per heavy atom. The highest BCUT2D eigenvalue weighted by Gasteiger charge is 2.36. The molecule has 1 aliphatic rings. The number of pyridine rings is 1. The number of hydrogen-bond donors (Lipinski definition) is 2. The summed E-state index contributed by atoms with van der Waals surface area (Å²) in [7, 11) is 0. The molecule has 0 saturated heterocycles. The normalized spacial score (nSPS) is 17.2. The van der Waals surface area contributed by atoms with Crippen LogP contribution in [0.25, 0.3) is 0 Å². The van der Waals surface area contributed by atoms with Crippen LogP contribution >= 0.6 is 0 Å². The van der Waals surface area contributed by atoms with E-state index in [0.29, 0.717) is 5.69 Å². The molecular formula is C15H19FN2O3. The number of carboxylic acid groups (broad SMARTS) is 1. The molecule has 1 aromatic heterocycles. The number of carboxylic acids is 1. The number of halogens is 1. The lowest BCUT2D eigenvalue weighted by Gasteiger charge is -2.35. The van der Waals surface area contributed by atoms with Crippen molar-refractivity contribution in [3.63, 3.8) is 0 Å². The number of nitrogens with zero attached hydrogens (tertiary/aromatic N) is 1. The lowest BCUT2D eigenvalue weighted by molar-refractivity contribution is -0.140. The highest BCUT2D eigenvalue weighted by atomic mass is 19.1. The number of carbonyl (C=O) groups excluding carboxylic acids is 1. The summed E-state index contributed by atoms with van der Waals surface area (Å²) in [5.74, 6) is -1.72. The number of carbonyl (C=O) groups is 2. The summed E-state index contributed by atoms with van der Waals surface area (Å²) in [5, 5.41) is 11.7. The van der Waals surface area contributed by atoms with E-state index in [-0.39, 0.29) is 18.7 Å². The maximum atomic E-state index is 12.7. The van der Waals surface area contributed by atoms with Crippen LogP contribution in [0.2, 0.25) is 0 Å². The van der Waals surface area contributed by atoms with Gasteiger partial charge in [-0.05, 0) is 30.4 Å². The van der Waals surface area contributed by atoms with Crippen molar-refractivity contribution in [2.75, 3.05) is 5.32 Å². The largest absolute Gasteiger partial charge is 0.481 e. The summed E-state index contributed by atoms with van der Waals surface area (Å²) < 4.78 is 12.7. The van der Waals surface area contributed by atoms with Crippen LogP contribution in [0.4, 0.5) is 10.1 Å². The Kier molecular flexibility index (Phi) is 4.88. The second-order valence-electron chi connectivity index (χ2n) is 5.73. The van der Waals surface area contributed by atoms with E-state index in [1.165, 1.54) is 18.3 Å². The van der Waals surface area contributed by atoms with Gasteiger partial charge in [0.1, 0.15) is 0 Å². The van der Waals surface area contributed by atoms with Crippen LogP contribution in [0, 0.1) is 11.4 Å². The first-order chi connectivity index (χ1) is 9.99. The third-order valence-corrected chi connectivity index (χ3v) is 3.99. The summed E-state index contributed by atoms with van der Waals surface area (Å²) in [6.07, 6.45) is 5.96. The van der Waals surface area contributed by atoms with Gasteiger partial charge >= 0.3 is 5.97 Å². The van der Waals surface area contributed by atoms with Crippen molar-refractivity contribution in [3.05, 3.63) is 24.3 Å². The Bertz CT molecular complexity index is 510. The van der Waals surface area contributed by atoms with Gasteiger partial charge in [0.2, 0.25) is 11.9 Å². The molecular weight excluding hydrogens is 275 g/mol. The molecule has 0 unspecified atom stereocenters. The third-order valence-electron chi connectivity index (χ3n) is 3.99. The van der Waals surface area contributed by atoms with Crippen LogP contribution in [0.3, 0.4) is 0 Å². The predicted molar refractivity (Wildman–Crippen MR) is 75.2 cm³/mol. The summed E-state index contributed by atoms with van der Waals surface area (Å²) in [6, 6.07) is 2.61. The first-order valence-electron chi connectivity index (χ1n) is 7.12. The van der Waals surface area contributed by atoms with E-state index >= 15 is 0 Å². The Hall–Kier alpha value is -1.98. The van der Waals surface area contributed by atoms with Crippen LogP contribution in [-0.2, 0) is 9.59 Å². The fourth-order valence-electron chi connectivity index (χ4n) is 3.03. The lowest BCUT2D eigenvalue weighted by Crippen LogP contribution is -2.32. The molecule has 1 fully saturated rings. The number of rotatable bonds is 5. The standard InChI is InChI=1S/C15H19FN2O3/c16-12-5-4-11(10-17-12)18-13(19)8-15(9-14(20)21)6-2-1-3-7-15/h4-5,10H,1-3,6-9H2,(H,18,19)(H,20,21). The molecule has 0 radical (unpaired) electrons. The molecule has 21 heavy (non-hydrogen) atoms. The van der Waals surface area contributed by atoms with Crippen molar-refractivity contribution in [3.8, 4) is 0 Å². The average Bonchev–Trinajstić information content (AvgIpc) is 2.41. The Balaban J connectivity index is 2.00. The van der Waals surface area contributed by atoms with Crippen LogP contribution < -0.4 is 5.32 Å². The highest BCUT2D eigenvalue weighted by molar-refractivity contribution is 5.91. The van der Waals surface area contributed by atoms with Crippen molar-refractivity contribution in [1.29, 1.82) is 0 Å². The van der Waals surface area contributed by atoms with Gasteiger partial charge in [-0.2, -0.15) is 4.39 Å². The predicted octanol–water partition coefficient (Wildman–Crippen LogP) is 2.97. The smallest absolute Gasteiger partial charge is 0.303 e. The molecule has 2 rings (SSSR count). The van der Waals surface area contributed by atoms with E-state index < -0.39 is 17.3 Å². The summed E-state index contributed by atoms with van der Waals surface area (Å²) in [5.41, 5.74) is -0.0376. The van der Waals surface area contributed by atoms with Gasteiger partial charge in [-0.15, -0.1) is 0 Å². The van der Waals surface area contributed by atoms with Crippen molar-refractivity contribution in [1.82, 2.24) is 4.98 Å². The van der Waals surface area contributed by atoms with Crippen molar-refractivity contribution in [2.24, 2.45) is 5.41 Å². The maximum Gasteiger partial charge on any atom is 0.303 e. The van der Waals surface area contributed by atoms with E-state index in [1.54, 1.807) is 0 Å². The van der Waals surface area contributed by atoms with E-state index in [1.807, 2.05) is 0 Å². The zero-order chi connectivity index (χ0) is 15.3. The fourth-order valence-corrected chi connectivity index (χ4v) is 3.03. The topological polar surface area (TPSA) is 79.3 Å². The second-order valence-corrected chi connectivity index (χ2v) is 5.73. The van der Waals surface area contributed by atoms with Crippen LogP contribution in [0.1, 0.15) is 44.9 Å². The van der Waals surface area contributed by atoms with E-state index in [9.17, 15) is 14.0 Å². The molecule has 0 aromatic carbocycles. The van der Waals surface area contributed by atoms with Crippen LogP contribution in [0.15, 0.2) is 18.3 Å². The first-order valence-corrected chi connectivity index (χ1v) is 7.12. The summed E-state index contributed by atoms with van der Waals surface area (Å²) in [6.45, 7) is 0. The lowest BCUT2D eigenvalue weighted by atomic mass is 9.69. The molecule has 1 amide bonds. The van der Waals surface area contributed by atoms with Gasteiger partial charge in [0.05, 0.1) is 18.3 Å². The van der Waals surface area contributed by atoms with Crippen LogP contribution in [-0.4, -0.2) is 22.0 Å². The van der Waals surface area contributed by atoms with E-state index in [4.69, 9.17) is 5.11 Å². The molecule has 1 heterocycles. The highest BCUT2D eigenvalue weighted by Crippen LogP contribution is 2.42. The summed E-state index contributed by atoms with van der Waals surface area (Å²) >= 11 is 0. The Morgan fingerprint density at radius 2 is 1.95 bits per heavy atom. The molecule has 1 aromatic rings. The number of aromatic nitrogens is 1. The van der Waals surface area contributed by atoms with Crippen molar-refractivity contribution >= 4 is 17.6 Å². The molecule has 2 N–H and O–H groups in total. The second kappa shape index (κ2) is 6.65. The fraction of sp³-hybridized carbons (Fsp3) is 0.533. The molecule has 1 saturated carbocycles. The first kappa shape index (κ1) is 15.4. The number of aliphatic carboxylic acids is 1. The SMILES string of the molecule is O=C(O)CC1(CC(=O)Nc2ccc(F)nc2)CCCCC1. The quantitative estimate of drug-likeness (QED) is 0.818. The van der Waals surface area contributed by atoms with Gasteiger partial charge in [0.25, 0.3) is 0 Å². The van der Waals surface area contributed by atoms with Crippen molar-refractivity contribution < 1.29 is 19.1 Å². The molecule has 5 nitrogen and oxygen atoms in total. The minimum Gasteiger partial charge on any atom is -0.481 e. The third kappa shape index (κ3) is 4.51. The molecule has 0 bridgehead atoms. The van der Waals surface area contributed by atoms with Crippen molar-refractivity contribution in [2.45, 2.75) is 44.9 Å². The number of anilines is 1. The molecule has 0 aliphatic heterocycles. The van der Waals surface area contributed by atoms with Gasteiger partial charge in [0.15, 0.2) is 0 Å². The van der Waals surface area contributed by atoms with Gasteiger partial charge in [0, 0.05) is 6.42 Å². The summed E-state index contributed by atoms with van der Waals surface area (Å²) in [4.78, 5) is 26.7. The van der Waals surface area contributed by atoms with E-state index in [0.717, 1.165) is 32.1 Å². The van der Waals surface area contributed by atoms with Gasteiger partial charge in [-0.25, -0.2) is 4.98 Å². The van der Waals surface area contributed by atoms with E-state index in [2.05, 4.69) is 10.3 Å². The number of hydrogen-bond acceptors (Lipinski definition) is 3. The Morgan fingerprint density at radius 1 is 1.24 bits per heavy atom. The van der Waals surface area contributed by atoms with Gasteiger partial charge in [-0.3, -0.25) is 9.59 Å². The van der Waals surface area contributed by atoms with Crippen LogP contribution in [0.5, 0.6) is 0 Å². The minimum absolute atomic E-state index is 0.0160. The zero-order valence-electron chi connectivity index (χ0n) is 11.8. The molecule has 0 spiro atoms. The maximum absolute atomic E-state index is 12.7. The molecule has 6 heteroatoms. The van der Waals surface area contributed by atoms with Gasteiger partial charge in [-0.1, -0.05) is 19.3 Å². The van der Waals surface area contributed by atoms with Gasteiger partial charge < -0.3 is 10.4 Å². The molecule has 114 valence electrons. The zero-order valence-corrected chi connectivity index (χ0v) is 11.8. The molecule has 1 aliphatic carbocycles. The number of amides is 1.